The Morgan fingerprint density at radius 2 is 1.58 bits per heavy atom. The van der Waals surface area contributed by atoms with E-state index < -0.39 is 0 Å². The molecule has 2 aromatic rings. The third-order valence-corrected chi connectivity index (χ3v) is 4.64. The minimum absolute atomic E-state index is 0.0718. The second-order valence-electron chi connectivity index (χ2n) is 6.08. The smallest absolute Gasteiger partial charge is 0.289 e. The Bertz CT molecular complexity index is 778. The Kier molecular flexibility index (Phi) is 5.73. The molecule has 0 N–H and O–H groups in total. The summed E-state index contributed by atoms with van der Waals surface area (Å²) in [7, 11) is 0. The lowest BCUT2D eigenvalue weighted by molar-refractivity contribution is -0.132. The van der Waals surface area contributed by atoms with Gasteiger partial charge in [-0.25, -0.2) is 0 Å². The Hall–Kier alpha value is -2.60. The van der Waals surface area contributed by atoms with Crippen molar-refractivity contribution in [1.29, 1.82) is 0 Å². The lowest BCUT2D eigenvalue weighted by atomic mass is 10.1. The van der Waals surface area contributed by atoms with Crippen LogP contribution in [0.25, 0.3) is 0 Å². The molecule has 0 saturated carbocycles. The number of carbonyl (C=O) groups is 3. The Labute approximate surface area is 156 Å². The van der Waals surface area contributed by atoms with Crippen LogP contribution in [0.2, 0.25) is 5.02 Å². The Morgan fingerprint density at radius 1 is 0.923 bits per heavy atom. The van der Waals surface area contributed by atoms with Gasteiger partial charge in [0.1, 0.15) is 0 Å². The average molecular weight is 375 g/mol. The first-order valence-electron chi connectivity index (χ1n) is 8.44. The number of hydrogen-bond donors (Lipinski definition) is 0. The largest absolute Gasteiger partial charge is 0.459 e. The predicted octanol–water partition coefficient (Wildman–Crippen LogP) is 2.88. The van der Waals surface area contributed by atoms with E-state index in [-0.39, 0.29) is 30.4 Å². The van der Waals surface area contributed by atoms with E-state index >= 15 is 0 Å². The second kappa shape index (κ2) is 8.19. The first-order valence-corrected chi connectivity index (χ1v) is 8.82. The molecular formula is C19H19ClN2O4. The molecular weight excluding hydrogens is 356 g/mol. The van der Waals surface area contributed by atoms with Crippen LogP contribution >= 0.6 is 11.6 Å². The highest BCUT2D eigenvalue weighted by molar-refractivity contribution is 6.30. The van der Waals surface area contributed by atoms with Crippen LogP contribution in [0.5, 0.6) is 0 Å². The number of rotatable bonds is 5. The van der Waals surface area contributed by atoms with E-state index in [2.05, 4.69) is 0 Å². The minimum atomic E-state index is -0.167. The van der Waals surface area contributed by atoms with Gasteiger partial charge in [0.2, 0.25) is 5.91 Å². The summed E-state index contributed by atoms with van der Waals surface area (Å²) in [4.78, 5) is 40.0. The molecule has 0 bridgehead atoms. The summed E-state index contributed by atoms with van der Waals surface area (Å²) in [6.45, 7) is 1.83. The molecule has 0 atom stereocenters. The zero-order chi connectivity index (χ0) is 18.5. The maximum atomic E-state index is 12.3. The van der Waals surface area contributed by atoms with Gasteiger partial charge in [0.15, 0.2) is 11.5 Å². The Morgan fingerprint density at radius 3 is 2.19 bits per heavy atom. The molecule has 0 aliphatic carbocycles. The normalized spacial score (nSPS) is 14.3. The number of benzene rings is 1. The number of hydrogen-bond acceptors (Lipinski definition) is 4. The maximum Gasteiger partial charge on any atom is 0.289 e. The van der Waals surface area contributed by atoms with Gasteiger partial charge in [-0.15, -0.1) is 0 Å². The number of halogens is 1. The fourth-order valence-electron chi connectivity index (χ4n) is 2.87. The van der Waals surface area contributed by atoms with E-state index in [1.54, 1.807) is 46.2 Å². The summed E-state index contributed by atoms with van der Waals surface area (Å²) < 4.78 is 5.12. The molecule has 6 nitrogen and oxygen atoms in total. The number of carbonyl (C=O) groups excluding carboxylic acids is 3. The molecule has 1 fully saturated rings. The summed E-state index contributed by atoms with van der Waals surface area (Å²) in [6.07, 6.45) is 1.78. The molecule has 2 heterocycles. The maximum absolute atomic E-state index is 12.3. The van der Waals surface area contributed by atoms with Crippen molar-refractivity contribution in [1.82, 2.24) is 9.80 Å². The highest BCUT2D eigenvalue weighted by Crippen LogP contribution is 2.14. The molecule has 2 amide bonds. The van der Waals surface area contributed by atoms with Gasteiger partial charge in [-0.2, -0.15) is 0 Å². The fraction of sp³-hybridized carbons (Fsp3) is 0.316. The van der Waals surface area contributed by atoms with Crippen LogP contribution in [-0.2, 0) is 4.79 Å². The number of Topliss-reactive ketones (excluding diaryl/α,β-unsaturated/α-hetero) is 1. The molecule has 1 aromatic carbocycles. The van der Waals surface area contributed by atoms with Crippen molar-refractivity contribution in [2.24, 2.45) is 0 Å². The van der Waals surface area contributed by atoms with Crippen LogP contribution in [0, 0.1) is 0 Å². The lowest BCUT2D eigenvalue weighted by Gasteiger charge is -2.34. The van der Waals surface area contributed by atoms with Gasteiger partial charge >= 0.3 is 0 Å². The van der Waals surface area contributed by atoms with Crippen LogP contribution in [0.1, 0.15) is 33.8 Å². The zero-order valence-electron chi connectivity index (χ0n) is 14.2. The highest BCUT2D eigenvalue weighted by Gasteiger charge is 2.26. The topological polar surface area (TPSA) is 70.8 Å². The first kappa shape index (κ1) is 18.2. The molecule has 1 aliphatic rings. The number of ketones is 1. The van der Waals surface area contributed by atoms with Crippen LogP contribution in [0.3, 0.4) is 0 Å². The van der Waals surface area contributed by atoms with Crippen LogP contribution in [0.4, 0.5) is 0 Å². The van der Waals surface area contributed by atoms with E-state index in [1.165, 1.54) is 6.26 Å². The third kappa shape index (κ3) is 4.32. The molecule has 1 aliphatic heterocycles. The third-order valence-electron chi connectivity index (χ3n) is 4.38. The van der Waals surface area contributed by atoms with Crippen LogP contribution < -0.4 is 0 Å². The van der Waals surface area contributed by atoms with Crippen molar-refractivity contribution in [2.75, 3.05) is 26.2 Å². The van der Waals surface area contributed by atoms with E-state index in [0.717, 1.165) is 0 Å². The van der Waals surface area contributed by atoms with E-state index in [4.69, 9.17) is 16.0 Å². The predicted molar refractivity (Wildman–Crippen MR) is 96.2 cm³/mol. The quantitative estimate of drug-likeness (QED) is 0.754. The summed E-state index contributed by atoms with van der Waals surface area (Å²) >= 11 is 5.81. The van der Waals surface area contributed by atoms with Crippen molar-refractivity contribution in [2.45, 2.75) is 12.8 Å². The molecule has 136 valence electrons. The van der Waals surface area contributed by atoms with E-state index in [9.17, 15) is 14.4 Å². The molecule has 1 aromatic heterocycles. The molecule has 1 saturated heterocycles. The molecule has 0 radical (unpaired) electrons. The summed E-state index contributed by atoms with van der Waals surface area (Å²) in [6, 6.07) is 9.94. The monoisotopic (exact) mass is 374 g/mol. The number of amides is 2. The second-order valence-corrected chi connectivity index (χ2v) is 6.52. The fourth-order valence-corrected chi connectivity index (χ4v) is 3.00. The van der Waals surface area contributed by atoms with E-state index in [1.807, 2.05) is 0 Å². The van der Waals surface area contributed by atoms with Crippen LogP contribution in [-0.4, -0.2) is 53.6 Å². The summed E-state index contributed by atoms with van der Waals surface area (Å²) in [5.74, 6) is -0.0163. The SMILES string of the molecule is O=C(CCC(=O)N1CCN(C(=O)c2ccco2)CC1)c1ccc(Cl)cc1. The van der Waals surface area contributed by atoms with Crippen molar-refractivity contribution in [3.05, 3.63) is 59.0 Å². The van der Waals surface area contributed by atoms with Gasteiger partial charge < -0.3 is 14.2 Å². The minimum Gasteiger partial charge on any atom is -0.459 e. The van der Waals surface area contributed by atoms with Crippen molar-refractivity contribution < 1.29 is 18.8 Å². The van der Waals surface area contributed by atoms with Crippen molar-refractivity contribution in [3.8, 4) is 0 Å². The summed E-state index contributed by atoms with van der Waals surface area (Å²) in [5, 5.41) is 0.569. The van der Waals surface area contributed by atoms with Gasteiger partial charge in [0.25, 0.3) is 5.91 Å². The number of nitrogens with zero attached hydrogens (tertiary/aromatic N) is 2. The highest BCUT2D eigenvalue weighted by atomic mass is 35.5. The first-order chi connectivity index (χ1) is 12.5. The average Bonchev–Trinajstić information content (AvgIpc) is 3.20. The van der Waals surface area contributed by atoms with Gasteiger partial charge in [0.05, 0.1) is 6.26 Å². The molecule has 7 heteroatoms. The van der Waals surface area contributed by atoms with Crippen molar-refractivity contribution >= 4 is 29.2 Å². The van der Waals surface area contributed by atoms with Crippen LogP contribution in [0.15, 0.2) is 47.1 Å². The van der Waals surface area contributed by atoms with E-state index in [0.29, 0.717) is 42.5 Å². The standard InChI is InChI=1S/C19H19ClN2O4/c20-15-5-3-14(4-6-15)16(23)7-8-18(24)21-9-11-22(12-10-21)19(25)17-2-1-13-26-17/h1-6,13H,7-12H2. The lowest BCUT2D eigenvalue weighted by Crippen LogP contribution is -2.50. The molecule has 26 heavy (non-hydrogen) atoms. The number of furan rings is 1. The zero-order valence-corrected chi connectivity index (χ0v) is 14.9. The van der Waals surface area contributed by atoms with Gasteiger partial charge in [-0.3, -0.25) is 14.4 Å². The van der Waals surface area contributed by atoms with Crippen molar-refractivity contribution in [3.63, 3.8) is 0 Å². The molecule has 0 spiro atoms. The molecule has 0 unspecified atom stereocenters. The van der Waals surface area contributed by atoms with Gasteiger partial charge in [-0.05, 0) is 36.4 Å². The van der Waals surface area contributed by atoms with Gasteiger partial charge in [-0.1, -0.05) is 11.6 Å². The number of piperazine rings is 1. The summed E-state index contributed by atoms with van der Waals surface area (Å²) in [5.41, 5.74) is 0.552. The molecule has 3 rings (SSSR count). The Balaban J connectivity index is 1.45. The van der Waals surface area contributed by atoms with Gasteiger partial charge in [0, 0.05) is 49.6 Å².